The van der Waals surface area contributed by atoms with Gasteiger partial charge in [0.25, 0.3) is 5.56 Å². The predicted octanol–water partition coefficient (Wildman–Crippen LogP) is -0.796. The van der Waals surface area contributed by atoms with E-state index in [1.54, 1.807) is 0 Å². The summed E-state index contributed by atoms with van der Waals surface area (Å²) in [7, 11) is 0. The topological polar surface area (TPSA) is 104 Å². The zero-order valence-corrected chi connectivity index (χ0v) is 11.2. The van der Waals surface area contributed by atoms with Gasteiger partial charge in [-0.15, -0.1) is 0 Å². The molecule has 7 nitrogen and oxygen atoms in total. The number of nitrogens with one attached hydrogen (secondary N) is 2. The van der Waals surface area contributed by atoms with E-state index in [1.807, 2.05) is 0 Å². The molecule has 1 aromatic rings. The highest BCUT2D eigenvalue weighted by Gasteiger charge is 2.23. The molecule has 20 heavy (non-hydrogen) atoms. The van der Waals surface area contributed by atoms with Crippen molar-refractivity contribution in [3.05, 3.63) is 33.1 Å². The van der Waals surface area contributed by atoms with Crippen LogP contribution >= 0.6 is 0 Å². The summed E-state index contributed by atoms with van der Waals surface area (Å²) in [6, 6.07) is 1.19. The monoisotopic (exact) mass is 281 g/mol. The second kappa shape index (κ2) is 6.51. The quantitative estimate of drug-likeness (QED) is 0.672. The number of aromatic amines is 1. The minimum absolute atomic E-state index is 0.0833. The van der Waals surface area contributed by atoms with Gasteiger partial charge < -0.3 is 10.4 Å². The van der Waals surface area contributed by atoms with E-state index in [-0.39, 0.29) is 24.5 Å². The Morgan fingerprint density at radius 3 is 2.85 bits per heavy atom. The van der Waals surface area contributed by atoms with Crippen molar-refractivity contribution in [3.8, 4) is 0 Å². The van der Waals surface area contributed by atoms with E-state index in [0.29, 0.717) is 6.54 Å². The lowest BCUT2D eigenvalue weighted by Gasteiger charge is -2.27. The van der Waals surface area contributed by atoms with Crippen molar-refractivity contribution in [3.63, 3.8) is 0 Å². The number of amides is 1. The van der Waals surface area contributed by atoms with Gasteiger partial charge in [0.15, 0.2) is 0 Å². The van der Waals surface area contributed by atoms with Crippen LogP contribution in [0.5, 0.6) is 0 Å². The highest BCUT2D eigenvalue weighted by Crippen LogP contribution is 2.23. The number of hydrogen-bond acceptors (Lipinski definition) is 4. The van der Waals surface area contributed by atoms with Crippen LogP contribution in [-0.2, 0) is 11.3 Å². The number of aromatic nitrogens is 2. The molecule has 1 aromatic heterocycles. The molecule has 0 spiro atoms. The summed E-state index contributed by atoms with van der Waals surface area (Å²) < 4.78 is 1.13. The number of carbonyl (C=O) groups is 1. The first kappa shape index (κ1) is 14.5. The Balaban J connectivity index is 1.86. The van der Waals surface area contributed by atoms with Crippen LogP contribution in [0.3, 0.4) is 0 Å². The summed E-state index contributed by atoms with van der Waals surface area (Å²) >= 11 is 0. The van der Waals surface area contributed by atoms with Crippen LogP contribution in [0, 0.1) is 5.92 Å². The molecule has 0 radical (unpaired) electrons. The lowest BCUT2D eigenvalue weighted by atomic mass is 9.86. The van der Waals surface area contributed by atoms with Crippen LogP contribution in [0.2, 0.25) is 0 Å². The molecule has 1 amide bonds. The normalized spacial score (nSPS) is 22.4. The maximum Gasteiger partial charge on any atom is 0.328 e. The molecule has 0 aromatic carbocycles. The highest BCUT2D eigenvalue weighted by atomic mass is 16.3. The third-order valence-electron chi connectivity index (χ3n) is 3.64. The predicted molar refractivity (Wildman–Crippen MR) is 72.3 cm³/mol. The zero-order chi connectivity index (χ0) is 14.5. The average Bonchev–Trinajstić information content (AvgIpc) is 2.41. The Kier molecular flexibility index (Phi) is 4.73. The second-order valence-electron chi connectivity index (χ2n) is 5.15. The number of aliphatic hydroxyl groups excluding tert-OH is 1. The molecule has 2 rings (SSSR count). The summed E-state index contributed by atoms with van der Waals surface area (Å²) in [6.07, 6.45) is 4.70. The molecule has 7 heteroatoms. The summed E-state index contributed by atoms with van der Waals surface area (Å²) in [6.45, 7) is 0.274. The van der Waals surface area contributed by atoms with Crippen molar-refractivity contribution < 1.29 is 9.90 Å². The molecule has 0 saturated heterocycles. The van der Waals surface area contributed by atoms with E-state index in [4.69, 9.17) is 0 Å². The van der Waals surface area contributed by atoms with Crippen LogP contribution in [0.25, 0.3) is 0 Å². The van der Waals surface area contributed by atoms with Crippen molar-refractivity contribution in [2.45, 2.75) is 38.3 Å². The van der Waals surface area contributed by atoms with E-state index in [9.17, 15) is 19.5 Å². The van der Waals surface area contributed by atoms with Gasteiger partial charge in [0.05, 0.1) is 6.10 Å². The van der Waals surface area contributed by atoms with E-state index in [0.717, 1.165) is 30.3 Å². The Bertz CT molecular complexity index is 577. The number of H-pyrrole nitrogens is 1. The van der Waals surface area contributed by atoms with Crippen molar-refractivity contribution in [2.75, 3.05) is 6.54 Å². The molecular formula is C13H19N3O4. The fraction of sp³-hybridized carbons (Fsp3) is 0.615. The number of hydrogen-bond donors (Lipinski definition) is 3. The smallest absolute Gasteiger partial charge is 0.328 e. The number of aliphatic hydroxyl groups is 1. The molecule has 2 atom stereocenters. The summed E-state index contributed by atoms with van der Waals surface area (Å²) in [4.78, 5) is 36.2. The van der Waals surface area contributed by atoms with E-state index in [2.05, 4.69) is 10.3 Å². The standard InChI is InChI=1S/C13H19N3O4/c17-10-4-2-1-3-9(10)7-14-12(19)8-16-6-5-11(18)15-13(16)20/h5-6,9-10,17H,1-4,7-8H2,(H,14,19)(H,15,18,20). The van der Waals surface area contributed by atoms with E-state index >= 15 is 0 Å². The minimum atomic E-state index is -0.606. The van der Waals surface area contributed by atoms with Gasteiger partial charge in [-0.3, -0.25) is 19.1 Å². The SMILES string of the molecule is O=C(Cn1ccc(=O)[nH]c1=O)NCC1CCCCC1O. The highest BCUT2D eigenvalue weighted by molar-refractivity contribution is 5.75. The number of rotatable bonds is 4. The Morgan fingerprint density at radius 1 is 1.40 bits per heavy atom. The zero-order valence-electron chi connectivity index (χ0n) is 11.2. The van der Waals surface area contributed by atoms with Gasteiger partial charge in [-0.1, -0.05) is 12.8 Å². The Hall–Kier alpha value is -1.89. The molecule has 3 N–H and O–H groups in total. The fourth-order valence-corrected chi connectivity index (χ4v) is 2.45. The Labute approximate surface area is 115 Å². The first-order valence-electron chi connectivity index (χ1n) is 6.81. The van der Waals surface area contributed by atoms with Gasteiger partial charge in [0.2, 0.25) is 5.91 Å². The molecule has 1 saturated carbocycles. The molecule has 1 aliphatic rings. The third-order valence-corrected chi connectivity index (χ3v) is 3.64. The molecule has 110 valence electrons. The summed E-state index contributed by atoms with van der Waals surface area (Å²) in [5.74, 6) is -0.225. The average molecular weight is 281 g/mol. The van der Waals surface area contributed by atoms with Crippen molar-refractivity contribution in [1.82, 2.24) is 14.9 Å². The van der Waals surface area contributed by atoms with Gasteiger partial charge in [0, 0.05) is 24.7 Å². The fourth-order valence-electron chi connectivity index (χ4n) is 2.45. The van der Waals surface area contributed by atoms with Crippen LogP contribution in [0.4, 0.5) is 0 Å². The minimum Gasteiger partial charge on any atom is -0.393 e. The van der Waals surface area contributed by atoms with Gasteiger partial charge >= 0.3 is 5.69 Å². The van der Waals surface area contributed by atoms with Crippen molar-refractivity contribution in [1.29, 1.82) is 0 Å². The molecule has 1 fully saturated rings. The van der Waals surface area contributed by atoms with Gasteiger partial charge in [0.1, 0.15) is 6.54 Å². The van der Waals surface area contributed by atoms with Crippen LogP contribution in [0.15, 0.2) is 21.9 Å². The van der Waals surface area contributed by atoms with Crippen molar-refractivity contribution in [2.24, 2.45) is 5.92 Å². The largest absolute Gasteiger partial charge is 0.393 e. The number of nitrogens with zero attached hydrogens (tertiary/aromatic N) is 1. The van der Waals surface area contributed by atoms with Crippen LogP contribution in [-0.4, -0.2) is 33.2 Å². The van der Waals surface area contributed by atoms with Crippen LogP contribution < -0.4 is 16.6 Å². The Morgan fingerprint density at radius 2 is 2.15 bits per heavy atom. The third kappa shape index (κ3) is 3.80. The number of carbonyl (C=O) groups excluding carboxylic acids is 1. The maximum atomic E-state index is 11.8. The van der Waals surface area contributed by atoms with Gasteiger partial charge in [-0.05, 0) is 12.8 Å². The molecule has 0 bridgehead atoms. The lowest BCUT2D eigenvalue weighted by Crippen LogP contribution is -2.40. The van der Waals surface area contributed by atoms with E-state index < -0.39 is 11.2 Å². The first-order chi connectivity index (χ1) is 9.56. The summed E-state index contributed by atoms with van der Waals surface area (Å²) in [5, 5.41) is 12.5. The van der Waals surface area contributed by atoms with E-state index in [1.165, 1.54) is 12.3 Å². The summed E-state index contributed by atoms with van der Waals surface area (Å²) in [5.41, 5.74) is -1.10. The molecule has 0 aliphatic heterocycles. The molecule has 1 heterocycles. The van der Waals surface area contributed by atoms with Crippen LogP contribution in [0.1, 0.15) is 25.7 Å². The van der Waals surface area contributed by atoms with Crippen molar-refractivity contribution >= 4 is 5.91 Å². The second-order valence-corrected chi connectivity index (χ2v) is 5.15. The molecule has 1 aliphatic carbocycles. The maximum absolute atomic E-state index is 11.8. The molecular weight excluding hydrogens is 262 g/mol. The van der Waals surface area contributed by atoms with Gasteiger partial charge in [-0.25, -0.2) is 4.79 Å². The lowest BCUT2D eigenvalue weighted by molar-refractivity contribution is -0.122. The molecule has 2 unspecified atom stereocenters. The first-order valence-corrected chi connectivity index (χ1v) is 6.81. The van der Waals surface area contributed by atoms with Gasteiger partial charge in [-0.2, -0.15) is 0 Å².